The van der Waals surface area contributed by atoms with Crippen LogP contribution in [0.5, 0.6) is 0 Å². The number of halogens is 2. The fourth-order valence-electron chi connectivity index (χ4n) is 3.07. The largest absolute Gasteiger partial charge is 0.351 e. The molecule has 0 radical (unpaired) electrons. The summed E-state index contributed by atoms with van der Waals surface area (Å²) in [5.41, 5.74) is 8.51. The van der Waals surface area contributed by atoms with Gasteiger partial charge in [0.1, 0.15) is 11.6 Å². The van der Waals surface area contributed by atoms with Gasteiger partial charge < -0.3 is 11.1 Å². The predicted molar refractivity (Wildman–Crippen MR) is 83.8 cm³/mol. The molecule has 1 aliphatic rings. The molecule has 0 fully saturated rings. The molecule has 3 atom stereocenters. The first-order chi connectivity index (χ1) is 11.0. The van der Waals surface area contributed by atoms with E-state index in [1.54, 1.807) is 6.92 Å². The molecule has 5 heteroatoms. The number of carbonyl (C=O) groups is 1. The molecule has 0 saturated heterocycles. The minimum atomic E-state index is -0.716. The Balaban J connectivity index is 1.73. The normalized spacial score (nSPS) is 20.9. The van der Waals surface area contributed by atoms with Gasteiger partial charge in [0, 0.05) is 11.6 Å². The molecule has 0 saturated carbocycles. The Morgan fingerprint density at radius 2 is 2.00 bits per heavy atom. The number of rotatable bonds is 3. The second kappa shape index (κ2) is 6.08. The van der Waals surface area contributed by atoms with Crippen molar-refractivity contribution in [2.24, 2.45) is 5.73 Å². The van der Waals surface area contributed by atoms with Crippen molar-refractivity contribution in [3.05, 3.63) is 70.8 Å². The molecule has 1 amide bonds. The molecular weight excluding hydrogens is 298 g/mol. The van der Waals surface area contributed by atoms with Crippen LogP contribution >= 0.6 is 0 Å². The molecule has 0 aliphatic heterocycles. The summed E-state index contributed by atoms with van der Waals surface area (Å²) in [4.78, 5) is 12.4. The predicted octanol–water partition coefficient (Wildman–Crippen LogP) is 2.81. The standard InChI is InChI=1S/C18H18F2N2O/c1-10(13-7-6-12(19)9-15(13)20)18(23)22-16-8-11-4-2-3-5-14(11)17(16)21/h2-7,9-10,16-17H,8,21H2,1H3,(H,22,23)/t10-,16-,17-/m0/s1. The molecule has 3 nitrogen and oxygen atoms in total. The van der Waals surface area contributed by atoms with Crippen LogP contribution in [-0.2, 0) is 11.2 Å². The number of hydrogen-bond acceptors (Lipinski definition) is 2. The van der Waals surface area contributed by atoms with Crippen molar-refractivity contribution >= 4 is 5.91 Å². The van der Waals surface area contributed by atoms with Crippen LogP contribution in [0.2, 0.25) is 0 Å². The number of carbonyl (C=O) groups excluding carboxylic acids is 1. The van der Waals surface area contributed by atoms with Gasteiger partial charge in [0.05, 0.1) is 18.0 Å². The monoisotopic (exact) mass is 316 g/mol. The van der Waals surface area contributed by atoms with Gasteiger partial charge in [-0.3, -0.25) is 4.79 Å². The van der Waals surface area contributed by atoms with Crippen molar-refractivity contribution < 1.29 is 13.6 Å². The number of benzene rings is 2. The van der Waals surface area contributed by atoms with Crippen molar-refractivity contribution in [1.29, 1.82) is 0 Å². The Bertz CT molecular complexity index is 748. The van der Waals surface area contributed by atoms with Gasteiger partial charge in [0.2, 0.25) is 5.91 Å². The lowest BCUT2D eigenvalue weighted by molar-refractivity contribution is -0.123. The summed E-state index contributed by atoms with van der Waals surface area (Å²) in [6.45, 7) is 1.60. The summed E-state index contributed by atoms with van der Waals surface area (Å²) >= 11 is 0. The third-order valence-electron chi connectivity index (χ3n) is 4.44. The van der Waals surface area contributed by atoms with Crippen molar-refractivity contribution in [2.45, 2.75) is 31.3 Å². The van der Waals surface area contributed by atoms with Gasteiger partial charge >= 0.3 is 0 Å². The lowest BCUT2D eigenvalue weighted by atomic mass is 9.98. The molecule has 3 N–H and O–H groups in total. The highest BCUT2D eigenvalue weighted by Crippen LogP contribution is 2.30. The Kier molecular flexibility index (Phi) is 4.13. The van der Waals surface area contributed by atoms with E-state index in [2.05, 4.69) is 5.32 Å². The van der Waals surface area contributed by atoms with E-state index >= 15 is 0 Å². The smallest absolute Gasteiger partial charge is 0.227 e. The molecule has 3 rings (SSSR count). The van der Waals surface area contributed by atoms with E-state index in [0.717, 1.165) is 23.3 Å². The topological polar surface area (TPSA) is 55.1 Å². The maximum atomic E-state index is 13.8. The third kappa shape index (κ3) is 2.97. The highest BCUT2D eigenvalue weighted by Gasteiger charge is 2.32. The fraction of sp³-hybridized carbons (Fsp3) is 0.278. The second-order valence-electron chi connectivity index (χ2n) is 5.93. The number of hydrogen-bond donors (Lipinski definition) is 2. The van der Waals surface area contributed by atoms with E-state index in [0.29, 0.717) is 6.42 Å². The van der Waals surface area contributed by atoms with E-state index in [1.807, 2.05) is 24.3 Å². The highest BCUT2D eigenvalue weighted by molar-refractivity contribution is 5.83. The maximum absolute atomic E-state index is 13.8. The average Bonchev–Trinajstić information content (AvgIpc) is 2.83. The highest BCUT2D eigenvalue weighted by atomic mass is 19.1. The fourth-order valence-corrected chi connectivity index (χ4v) is 3.07. The quantitative estimate of drug-likeness (QED) is 0.915. The van der Waals surface area contributed by atoms with Gasteiger partial charge in [-0.2, -0.15) is 0 Å². The lowest BCUT2D eigenvalue weighted by Crippen LogP contribution is -2.42. The van der Waals surface area contributed by atoms with Crippen LogP contribution in [0.3, 0.4) is 0 Å². The lowest BCUT2D eigenvalue weighted by Gasteiger charge is -2.21. The van der Waals surface area contributed by atoms with Crippen LogP contribution in [-0.4, -0.2) is 11.9 Å². The van der Waals surface area contributed by atoms with E-state index in [4.69, 9.17) is 5.73 Å². The van der Waals surface area contributed by atoms with Gasteiger partial charge in [-0.25, -0.2) is 8.78 Å². The first-order valence-electron chi connectivity index (χ1n) is 7.56. The van der Waals surface area contributed by atoms with Gasteiger partial charge in [0.25, 0.3) is 0 Å². The van der Waals surface area contributed by atoms with Crippen molar-refractivity contribution in [3.8, 4) is 0 Å². The zero-order valence-corrected chi connectivity index (χ0v) is 12.7. The van der Waals surface area contributed by atoms with Crippen LogP contribution in [0.25, 0.3) is 0 Å². The van der Waals surface area contributed by atoms with Crippen molar-refractivity contribution in [1.82, 2.24) is 5.32 Å². The molecule has 23 heavy (non-hydrogen) atoms. The summed E-state index contributed by atoms with van der Waals surface area (Å²) < 4.78 is 26.8. The summed E-state index contributed by atoms with van der Waals surface area (Å²) in [5.74, 6) is -2.41. The molecule has 1 aliphatic carbocycles. The van der Waals surface area contributed by atoms with Crippen LogP contribution in [0.15, 0.2) is 42.5 Å². The Hall–Kier alpha value is -2.27. The van der Waals surface area contributed by atoms with E-state index in [-0.39, 0.29) is 23.6 Å². The molecule has 2 aromatic carbocycles. The average molecular weight is 316 g/mol. The molecule has 0 unspecified atom stereocenters. The van der Waals surface area contributed by atoms with Gasteiger partial charge in [-0.15, -0.1) is 0 Å². The zero-order valence-electron chi connectivity index (χ0n) is 12.7. The second-order valence-corrected chi connectivity index (χ2v) is 5.93. The number of nitrogens with one attached hydrogen (secondary N) is 1. The SMILES string of the molecule is C[C@H](C(=O)N[C@H]1Cc2ccccc2[C@@H]1N)c1ccc(F)cc1F. The number of nitrogens with two attached hydrogens (primary N) is 1. The van der Waals surface area contributed by atoms with Crippen molar-refractivity contribution in [2.75, 3.05) is 0 Å². The summed E-state index contributed by atoms with van der Waals surface area (Å²) in [6, 6.07) is 10.5. The van der Waals surface area contributed by atoms with Gasteiger partial charge in [0.15, 0.2) is 0 Å². The van der Waals surface area contributed by atoms with E-state index in [1.165, 1.54) is 6.07 Å². The molecule has 2 aromatic rings. The molecular formula is C18H18F2N2O. The molecule has 0 bridgehead atoms. The minimum Gasteiger partial charge on any atom is -0.351 e. The molecule has 0 spiro atoms. The van der Waals surface area contributed by atoms with Gasteiger partial charge in [-0.05, 0) is 30.5 Å². The number of amides is 1. The third-order valence-corrected chi connectivity index (χ3v) is 4.44. The first kappa shape index (κ1) is 15.6. The van der Waals surface area contributed by atoms with Crippen LogP contribution in [0, 0.1) is 11.6 Å². The summed E-state index contributed by atoms with van der Waals surface area (Å²) in [5, 5.41) is 2.89. The Labute approximate surface area is 133 Å². The summed E-state index contributed by atoms with van der Waals surface area (Å²) in [6.07, 6.45) is 0.654. The maximum Gasteiger partial charge on any atom is 0.227 e. The minimum absolute atomic E-state index is 0.174. The molecule has 0 aromatic heterocycles. The Morgan fingerprint density at radius 1 is 1.26 bits per heavy atom. The van der Waals surface area contributed by atoms with Crippen LogP contribution in [0.4, 0.5) is 8.78 Å². The first-order valence-corrected chi connectivity index (χ1v) is 7.56. The van der Waals surface area contributed by atoms with Crippen LogP contribution < -0.4 is 11.1 Å². The molecule has 0 heterocycles. The van der Waals surface area contributed by atoms with Crippen molar-refractivity contribution in [3.63, 3.8) is 0 Å². The summed E-state index contributed by atoms with van der Waals surface area (Å²) in [7, 11) is 0. The van der Waals surface area contributed by atoms with E-state index in [9.17, 15) is 13.6 Å². The molecule has 120 valence electrons. The van der Waals surface area contributed by atoms with Crippen LogP contribution in [0.1, 0.15) is 35.6 Å². The van der Waals surface area contributed by atoms with Gasteiger partial charge in [-0.1, -0.05) is 30.3 Å². The Morgan fingerprint density at radius 3 is 2.70 bits per heavy atom. The number of fused-ring (bicyclic) bond motifs is 1. The zero-order chi connectivity index (χ0) is 16.6. The van der Waals surface area contributed by atoms with E-state index < -0.39 is 17.6 Å².